The minimum atomic E-state index is -0.0794. The Morgan fingerprint density at radius 1 is 1.38 bits per heavy atom. The van der Waals surface area contributed by atoms with Gasteiger partial charge < -0.3 is 5.32 Å². The second kappa shape index (κ2) is 5.44. The van der Waals surface area contributed by atoms with Crippen molar-refractivity contribution in [2.24, 2.45) is 5.92 Å². The lowest BCUT2D eigenvalue weighted by Crippen LogP contribution is -2.22. The lowest BCUT2D eigenvalue weighted by molar-refractivity contribution is 0.460. The Hall–Kier alpha value is -0.890. The zero-order chi connectivity index (χ0) is 11.4. The van der Waals surface area contributed by atoms with E-state index in [9.17, 15) is 4.39 Å². The Kier molecular flexibility index (Phi) is 3.94. The predicted molar refractivity (Wildman–Crippen MR) is 64.8 cm³/mol. The molecule has 1 N–H and O–H groups in total. The van der Waals surface area contributed by atoms with Gasteiger partial charge in [0.25, 0.3) is 0 Å². The molecule has 1 aliphatic rings. The van der Waals surface area contributed by atoms with E-state index < -0.39 is 0 Å². The van der Waals surface area contributed by atoms with Gasteiger partial charge in [0.05, 0.1) is 0 Å². The quantitative estimate of drug-likeness (QED) is 0.773. The summed E-state index contributed by atoms with van der Waals surface area (Å²) in [5.74, 6) is 0.831. The lowest BCUT2D eigenvalue weighted by Gasteiger charge is -2.18. The van der Waals surface area contributed by atoms with Gasteiger partial charge in [0.1, 0.15) is 5.82 Å². The van der Waals surface area contributed by atoms with E-state index in [4.69, 9.17) is 0 Å². The minimum Gasteiger partial charge on any atom is -0.310 e. The molecule has 0 aromatic heterocycles. The summed E-state index contributed by atoms with van der Waals surface area (Å²) >= 11 is 0. The molecule has 1 nitrogen and oxygen atoms in total. The third-order valence-electron chi connectivity index (χ3n) is 3.29. The molecule has 16 heavy (non-hydrogen) atoms. The highest BCUT2D eigenvalue weighted by Crippen LogP contribution is 2.36. The molecule has 1 aromatic carbocycles. The van der Waals surface area contributed by atoms with E-state index in [0.29, 0.717) is 0 Å². The van der Waals surface area contributed by atoms with Crippen LogP contribution >= 0.6 is 0 Å². The first-order valence-corrected chi connectivity index (χ1v) is 6.29. The maximum absolute atomic E-state index is 13.7. The first-order chi connectivity index (χ1) is 7.81. The minimum absolute atomic E-state index is 0.0794. The molecule has 1 fully saturated rings. The van der Waals surface area contributed by atoms with Crippen molar-refractivity contribution in [1.82, 2.24) is 5.32 Å². The van der Waals surface area contributed by atoms with Crippen LogP contribution in [0, 0.1) is 11.7 Å². The highest BCUT2D eigenvalue weighted by Gasteiger charge is 2.23. The monoisotopic (exact) mass is 221 g/mol. The maximum Gasteiger partial charge on any atom is 0.127 e. The zero-order valence-electron chi connectivity index (χ0n) is 9.88. The van der Waals surface area contributed by atoms with Gasteiger partial charge in [-0.05, 0) is 31.4 Å². The molecule has 1 saturated carbocycles. The van der Waals surface area contributed by atoms with E-state index in [0.717, 1.165) is 24.4 Å². The standard InChI is InChI=1S/C14H20FN/c1-2-16-14(10-9-11-7-8-11)12-5-3-4-6-13(12)15/h3-6,11,14,16H,2,7-10H2,1H3. The number of rotatable bonds is 6. The molecule has 0 saturated heterocycles. The van der Waals surface area contributed by atoms with E-state index in [1.807, 2.05) is 12.1 Å². The smallest absolute Gasteiger partial charge is 0.127 e. The molecule has 0 spiro atoms. The van der Waals surface area contributed by atoms with Crippen LogP contribution in [-0.4, -0.2) is 6.54 Å². The topological polar surface area (TPSA) is 12.0 Å². The van der Waals surface area contributed by atoms with Crippen molar-refractivity contribution in [3.05, 3.63) is 35.6 Å². The molecule has 1 atom stereocenters. The third-order valence-corrected chi connectivity index (χ3v) is 3.29. The van der Waals surface area contributed by atoms with Gasteiger partial charge in [-0.15, -0.1) is 0 Å². The molecular formula is C14H20FN. The lowest BCUT2D eigenvalue weighted by atomic mass is 10.00. The van der Waals surface area contributed by atoms with Crippen molar-refractivity contribution in [3.8, 4) is 0 Å². The second-order valence-electron chi connectivity index (χ2n) is 4.65. The largest absolute Gasteiger partial charge is 0.310 e. The Morgan fingerprint density at radius 3 is 2.75 bits per heavy atom. The van der Waals surface area contributed by atoms with Crippen LogP contribution in [0.25, 0.3) is 0 Å². The Bertz CT molecular complexity index is 333. The van der Waals surface area contributed by atoms with Crippen LogP contribution < -0.4 is 5.32 Å². The molecule has 2 heteroatoms. The molecule has 1 aromatic rings. The number of hydrogen-bond acceptors (Lipinski definition) is 1. The summed E-state index contributed by atoms with van der Waals surface area (Å²) in [6.07, 6.45) is 5.03. The Labute approximate surface area is 97.1 Å². The Balaban J connectivity index is 2.01. The summed E-state index contributed by atoms with van der Waals surface area (Å²) in [6.45, 7) is 2.97. The van der Waals surface area contributed by atoms with E-state index >= 15 is 0 Å². The van der Waals surface area contributed by atoms with E-state index in [2.05, 4.69) is 12.2 Å². The maximum atomic E-state index is 13.7. The second-order valence-corrected chi connectivity index (χ2v) is 4.65. The van der Waals surface area contributed by atoms with Gasteiger partial charge in [-0.25, -0.2) is 4.39 Å². The predicted octanol–water partition coefficient (Wildman–Crippen LogP) is 3.67. The van der Waals surface area contributed by atoms with Gasteiger partial charge in [-0.2, -0.15) is 0 Å². The fourth-order valence-corrected chi connectivity index (χ4v) is 2.18. The molecule has 2 rings (SSSR count). The van der Waals surface area contributed by atoms with Crippen molar-refractivity contribution < 1.29 is 4.39 Å². The highest BCUT2D eigenvalue weighted by molar-refractivity contribution is 5.21. The number of nitrogens with one attached hydrogen (secondary N) is 1. The fraction of sp³-hybridized carbons (Fsp3) is 0.571. The highest BCUT2D eigenvalue weighted by atomic mass is 19.1. The van der Waals surface area contributed by atoms with Crippen molar-refractivity contribution in [2.45, 2.75) is 38.6 Å². The van der Waals surface area contributed by atoms with Gasteiger partial charge in [-0.3, -0.25) is 0 Å². The van der Waals surface area contributed by atoms with E-state index in [1.165, 1.54) is 19.3 Å². The van der Waals surface area contributed by atoms with E-state index in [-0.39, 0.29) is 11.9 Å². The average Bonchev–Trinajstić information content (AvgIpc) is 3.09. The summed E-state index contributed by atoms with van der Waals surface area (Å²) in [5.41, 5.74) is 0.824. The third kappa shape index (κ3) is 3.05. The van der Waals surface area contributed by atoms with Crippen LogP contribution in [0.1, 0.15) is 44.2 Å². The van der Waals surface area contributed by atoms with Crippen LogP contribution in [0.3, 0.4) is 0 Å². The molecule has 88 valence electrons. The van der Waals surface area contributed by atoms with Crippen molar-refractivity contribution in [2.75, 3.05) is 6.54 Å². The van der Waals surface area contributed by atoms with Crippen LogP contribution in [0.15, 0.2) is 24.3 Å². The van der Waals surface area contributed by atoms with Gasteiger partial charge in [0.15, 0.2) is 0 Å². The molecule has 0 amide bonds. The number of benzene rings is 1. The van der Waals surface area contributed by atoms with Crippen LogP contribution in [0.2, 0.25) is 0 Å². The average molecular weight is 221 g/mol. The fourth-order valence-electron chi connectivity index (χ4n) is 2.18. The van der Waals surface area contributed by atoms with Crippen LogP contribution in [0.4, 0.5) is 4.39 Å². The molecule has 1 unspecified atom stereocenters. The Morgan fingerprint density at radius 2 is 2.12 bits per heavy atom. The summed E-state index contributed by atoms with van der Waals surface area (Å²) in [5, 5.41) is 3.38. The van der Waals surface area contributed by atoms with Gasteiger partial charge in [-0.1, -0.05) is 38.0 Å². The summed E-state index contributed by atoms with van der Waals surface area (Å²) in [6, 6.07) is 7.31. The van der Waals surface area contributed by atoms with Crippen LogP contribution in [-0.2, 0) is 0 Å². The van der Waals surface area contributed by atoms with Gasteiger partial charge in [0, 0.05) is 11.6 Å². The number of hydrogen-bond donors (Lipinski definition) is 1. The number of halogens is 1. The summed E-state index contributed by atoms with van der Waals surface area (Å²) in [4.78, 5) is 0. The first kappa shape index (κ1) is 11.6. The SMILES string of the molecule is CCNC(CCC1CC1)c1ccccc1F. The first-order valence-electron chi connectivity index (χ1n) is 6.29. The molecule has 1 aliphatic carbocycles. The van der Waals surface area contributed by atoms with Crippen molar-refractivity contribution in [1.29, 1.82) is 0 Å². The van der Waals surface area contributed by atoms with Crippen LogP contribution in [0.5, 0.6) is 0 Å². The van der Waals surface area contributed by atoms with Gasteiger partial charge in [0.2, 0.25) is 0 Å². The van der Waals surface area contributed by atoms with Crippen molar-refractivity contribution >= 4 is 0 Å². The van der Waals surface area contributed by atoms with E-state index in [1.54, 1.807) is 12.1 Å². The van der Waals surface area contributed by atoms with Gasteiger partial charge >= 0.3 is 0 Å². The molecule has 0 aliphatic heterocycles. The van der Waals surface area contributed by atoms with Crippen molar-refractivity contribution in [3.63, 3.8) is 0 Å². The molecular weight excluding hydrogens is 201 g/mol. The zero-order valence-corrected chi connectivity index (χ0v) is 9.88. The molecule has 0 heterocycles. The molecule has 0 radical (unpaired) electrons. The summed E-state index contributed by atoms with van der Waals surface area (Å²) < 4.78 is 13.7. The molecule has 0 bridgehead atoms. The normalized spacial score (nSPS) is 17.4. The summed E-state index contributed by atoms with van der Waals surface area (Å²) in [7, 11) is 0.